The van der Waals surface area contributed by atoms with Gasteiger partial charge in [-0.3, -0.25) is 9.48 Å². The molecule has 100 valence electrons. The van der Waals surface area contributed by atoms with Crippen molar-refractivity contribution in [3.05, 3.63) is 23.7 Å². The Balaban J connectivity index is 0.00000162. The fourth-order valence-corrected chi connectivity index (χ4v) is 1.82. The smallest absolute Gasteiger partial charge is 0.327 e. The molecule has 5 nitrogen and oxygen atoms in total. The summed E-state index contributed by atoms with van der Waals surface area (Å²) >= 11 is 0. The van der Waals surface area contributed by atoms with Crippen molar-refractivity contribution < 1.29 is 9.53 Å². The molecule has 0 amide bonds. The van der Waals surface area contributed by atoms with Crippen molar-refractivity contribution >= 4 is 24.5 Å². The maximum atomic E-state index is 11.3. The molecule has 1 N–H and O–H groups in total. The van der Waals surface area contributed by atoms with Crippen molar-refractivity contribution in [3.63, 3.8) is 0 Å². The Morgan fingerprint density at radius 2 is 2.50 bits per heavy atom. The molecule has 1 aromatic heterocycles. The van der Waals surface area contributed by atoms with E-state index in [9.17, 15) is 4.79 Å². The van der Waals surface area contributed by atoms with Crippen molar-refractivity contribution in [3.8, 4) is 0 Å². The predicted octanol–water partition coefficient (Wildman–Crippen LogP) is 1.59. The number of carbonyl (C=O) groups is 1. The highest BCUT2D eigenvalue weighted by atomic mass is 35.5. The zero-order valence-corrected chi connectivity index (χ0v) is 11.2. The van der Waals surface area contributed by atoms with Crippen LogP contribution >= 0.6 is 12.4 Å². The van der Waals surface area contributed by atoms with Gasteiger partial charge < -0.3 is 10.1 Å². The molecular formula is C12H18ClN3O2. The summed E-state index contributed by atoms with van der Waals surface area (Å²) in [6, 6.07) is 0. The zero-order valence-electron chi connectivity index (χ0n) is 10.4. The Morgan fingerprint density at radius 1 is 1.67 bits per heavy atom. The molecule has 6 heteroatoms. The minimum Gasteiger partial charge on any atom is -0.465 e. The van der Waals surface area contributed by atoms with Crippen LogP contribution in [0.5, 0.6) is 0 Å². The lowest BCUT2D eigenvalue weighted by atomic mass is 10.2. The van der Waals surface area contributed by atoms with Crippen molar-refractivity contribution in [2.24, 2.45) is 0 Å². The molecule has 0 atom stereocenters. The third-order valence-corrected chi connectivity index (χ3v) is 2.57. The standard InChI is InChI=1S/C12H17N3O2.ClH/c1-2-17-12(16)9-15-8-10(7-14-15)6-11-4-3-5-13-11;/h6-8,13H,2-5,9H2,1H3;1H. The molecule has 0 aliphatic carbocycles. The Bertz CT molecular complexity index is 421. The summed E-state index contributed by atoms with van der Waals surface area (Å²) in [5.74, 6) is -0.256. The minimum absolute atomic E-state index is 0. The van der Waals surface area contributed by atoms with E-state index in [0.717, 1.165) is 18.5 Å². The molecule has 0 spiro atoms. The third kappa shape index (κ3) is 4.07. The average molecular weight is 272 g/mol. The van der Waals surface area contributed by atoms with Gasteiger partial charge in [-0.2, -0.15) is 5.10 Å². The van der Waals surface area contributed by atoms with Gasteiger partial charge in [-0.05, 0) is 25.8 Å². The van der Waals surface area contributed by atoms with Crippen LogP contribution in [-0.4, -0.2) is 28.9 Å². The van der Waals surface area contributed by atoms with Gasteiger partial charge in [-0.15, -0.1) is 12.4 Å². The van der Waals surface area contributed by atoms with E-state index >= 15 is 0 Å². The Labute approximate surface area is 113 Å². The van der Waals surface area contributed by atoms with E-state index in [-0.39, 0.29) is 24.9 Å². The van der Waals surface area contributed by atoms with Crippen LogP contribution in [0.25, 0.3) is 6.08 Å². The van der Waals surface area contributed by atoms with Crippen LogP contribution in [-0.2, 0) is 16.1 Å². The topological polar surface area (TPSA) is 56.1 Å². The first-order chi connectivity index (χ1) is 8.28. The lowest BCUT2D eigenvalue weighted by molar-refractivity contribution is -0.144. The third-order valence-electron chi connectivity index (χ3n) is 2.57. The first-order valence-corrected chi connectivity index (χ1v) is 5.90. The SMILES string of the molecule is CCOC(=O)Cn1cc(C=C2CCCN2)cn1.Cl. The molecule has 2 heterocycles. The van der Waals surface area contributed by atoms with Crippen LogP contribution in [0.15, 0.2) is 18.1 Å². The maximum Gasteiger partial charge on any atom is 0.327 e. The number of aromatic nitrogens is 2. The lowest BCUT2D eigenvalue weighted by Gasteiger charge is -2.00. The molecule has 0 aromatic carbocycles. The average Bonchev–Trinajstić information content (AvgIpc) is 2.91. The second-order valence-corrected chi connectivity index (χ2v) is 3.98. The summed E-state index contributed by atoms with van der Waals surface area (Å²) < 4.78 is 6.46. The van der Waals surface area contributed by atoms with Gasteiger partial charge in [0, 0.05) is 24.0 Å². The van der Waals surface area contributed by atoms with E-state index in [2.05, 4.69) is 16.5 Å². The van der Waals surface area contributed by atoms with E-state index in [4.69, 9.17) is 4.74 Å². The van der Waals surface area contributed by atoms with Crippen LogP contribution < -0.4 is 5.32 Å². The number of rotatable bonds is 4. The van der Waals surface area contributed by atoms with E-state index in [1.54, 1.807) is 17.8 Å². The van der Waals surface area contributed by atoms with Crippen molar-refractivity contribution in [2.75, 3.05) is 13.2 Å². The van der Waals surface area contributed by atoms with Crippen molar-refractivity contribution in [1.82, 2.24) is 15.1 Å². The summed E-state index contributed by atoms with van der Waals surface area (Å²) in [5, 5.41) is 7.43. The number of halogens is 1. The molecule has 1 aliphatic heterocycles. The number of carbonyl (C=O) groups excluding carboxylic acids is 1. The van der Waals surface area contributed by atoms with Crippen molar-refractivity contribution in [1.29, 1.82) is 0 Å². The Hall–Kier alpha value is -1.49. The van der Waals surface area contributed by atoms with Gasteiger partial charge in [0.2, 0.25) is 0 Å². The van der Waals surface area contributed by atoms with E-state index in [0.29, 0.717) is 6.61 Å². The summed E-state index contributed by atoms with van der Waals surface area (Å²) in [6.45, 7) is 3.41. The Morgan fingerprint density at radius 3 is 3.17 bits per heavy atom. The van der Waals surface area contributed by atoms with Gasteiger partial charge in [-0.1, -0.05) is 0 Å². The van der Waals surface area contributed by atoms with Gasteiger partial charge in [0.15, 0.2) is 0 Å². The number of nitrogens with zero attached hydrogens (tertiary/aromatic N) is 2. The number of hydrogen-bond acceptors (Lipinski definition) is 4. The molecule has 0 bridgehead atoms. The summed E-state index contributed by atoms with van der Waals surface area (Å²) in [4.78, 5) is 11.3. The second kappa shape index (κ2) is 7.06. The quantitative estimate of drug-likeness (QED) is 0.845. The van der Waals surface area contributed by atoms with Gasteiger partial charge in [0.05, 0.1) is 12.8 Å². The van der Waals surface area contributed by atoms with Gasteiger partial charge in [0.1, 0.15) is 6.54 Å². The number of allylic oxidation sites excluding steroid dienone is 1. The summed E-state index contributed by atoms with van der Waals surface area (Å²) in [6.07, 6.45) is 7.95. The number of nitrogens with one attached hydrogen (secondary N) is 1. The fourth-order valence-electron chi connectivity index (χ4n) is 1.82. The van der Waals surface area contributed by atoms with Crippen molar-refractivity contribution in [2.45, 2.75) is 26.3 Å². The van der Waals surface area contributed by atoms with E-state index in [1.165, 1.54) is 12.1 Å². The Kier molecular flexibility index (Phi) is 5.71. The molecule has 0 radical (unpaired) electrons. The molecule has 0 unspecified atom stereocenters. The largest absolute Gasteiger partial charge is 0.465 e. The molecule has 2 rings (SSSR count). The van der Waals surface area contributed by atoms with Gasteiger partial charge in [0.25, 0.3) is 0 Å². The number of hydrogen-bond donors (Lipinski definition) is 1. The maximum absolute atomic E-state index is 11.3. The van der Waals surface area contributed by atoms with Crippen LogP contribution in [0.3, 0.4) is 0 Å². The highest BCUT2D eigenvalue weighted by Crippen LogP contribution is 2.13. The first kappa shape index (κ1) is 14.6. The van der Waals surface area contributed by atoms with Gasteiger partial charge in [-0.25, -0.2) is 0 Å². The molecule has 1 aliphatic rings. The van der Waals surface area contributed by atoms with Crippen LogP contribution in [0, 0.1) is 0 Å². The highest BCUT2D eigenvalue weighted by molar-refractivity contribution is 5.85. The monoisotopic (exact) mass is 271 g/mol. The zero-order chi connectivity index (χ0) is 12.1. The number of esters is 1. The van der Waals surface area contributed by atoms with Crippen LogP contribution in [0.4, 0.5) is 0 Å². The molecule has 18 heavy (non-hydrogen) atoms. The van der Waals surface area contributed by atoms with E-state index in [1.807, 2.05) is 6.20 Å². The molecule has 1 saturated heterocycles. The van der Waals surface area contributed by atoms with Gasteiger partial charge >= 0.3 is 5.97 Å². The summed E-state index contributed by atoms with van der Waals surface area (Å²) in [7, 11) is 0. The molecular weight excluding hydrogens is 254 g/mol. The highest BCUT2D eigenvalue weighted by Gasteiger charge is 2.07. The first-order valence-electron chi connectivity index (χ1n) is 5.90. The molecule has 1 aromatic rings. The summed E-state index contributed by atoms with van der Waals surface area (Å²) in [5.41, 5.74) is 2.25. The number of ether oxygens (including phenoxy) is 1. The minimum atomic E-state index is -0.256. The van der Waals surface area contributed by atoms with E-state index < -0.39 is 0 Å². The second-order valence-electron chi connectivity index (χ2n) is 3.98. The molecule has 0 saturated carbocycles. The normalized spacial score (nSPS) is 16.2. The van der Waals surface area contributed by atoms with Crippen LogP contribution in [0.2, 0.25) is 0 Å². The van der Waals surface area contributed by atoms with Crippen LogP contribution in [0.1, 0.15) is 25.3 Å². The fraction of sp³-hybridized carbons (Fsp3) is 0.500. The predicted molar refractivity (Wildman–Crippen MR) is 71.3 cm³/mol. The lowest BCUT2D eigenvalue weighted by Crippen LogP contribution is -2.13. The molecule has 1 fully saturated rings.